The molecule has 0 fully saturated rings. The van der Waals surface area contributed by atoms with Gasteiger partial charge in [-0.3, -0.25) is 0 Å². The van der Waals surface area contributed by atoms with Crippen molar-refractivity contribution in [1.29, 1.82) is 0 Å². The van der Waals surface area contributed by atoms with E-state index in [-0.39, 0.29) is 5.41 Å². The zero-order valence-corrected chi connectivity index (χ0v) is 27.7. The van der Waals surface area contributed by atoms with E-state index in [1.807, 2.05) is 0 Å². The van der Waals surface area contributed by atoms with E-state index in [0.717, 1.165) is 0 Å². The first kappa shape index (κ1) is 28.1. The normalized spacial score (nSPS) is 13.3. The molecule has 0 heteroatoms. The summed E-state index contributed by atoms with van der Waals surface area (Å²) in [5, 5.41) is 10.2. The molecule has 0 spiro atoms. The van der Waals surface area contributed by atoms with Crippen molar-refractivity contribution in [2.24, 2.45) is 0 Å². The molecule has 0 aliphatic heterocycles. The number of hydrogen-bond donors (Lipinski definition) is 0. The van der Waals surface area contributed by atoms with Crippen LogP contribution in [-0.4, -0.2) is 0 Å². The Hall–Kier alpha value is -5.98. The van der Waals surface area contributed by atoms with Crippen LogP contribution in [0.1, 0.15) is 25.0 Å². The van der Waals surface area contributed by atoms with Crippen molar-refractivity contribution >= 4 is 43.1 Å². The van der Waals surface area contributed by atoms with Crippen molar-refractivity contribution < 1.29 is 0 Å². The highest BCUT2D eigenvalue weighted by molar-refractivity contribution is 6.24. The Morgan fingerprint density at radius 2 is 0.816 bits per heavy atom. The van der Waals surface area contributed by atoms with Crippen LogP contribution in [0.4, 0.5) is 0 Å². The Balaban J connectivity index is 1.27. The standard InChI is InChI=1S/C49H34/c1-49(2)47-23-13-12-22-39(47)40-25-24-34(28-48(40)49)42-29-44-37-20-10-11-21-38(37)45(30-46(44)36-19-9-8-18-35(36)42)43-27-33-17-7-6-16-32(33)26-41(43)31-14-4-3-5-15-31/h3-30H,1-2H3. The van der Waals surface area contributed by atoms with Gasteiger partial charge in [-0.15, -0.1) is 0 Å². The SMILES string of the molecule is CC1(C)c2ccccc2-c2ccc(-c3cc4c5ccccc5c(-c5cc6ccccc6cc5-c5ccccc5)cc4c4ccccc34)cc21. The van der Waals surface area contributed by atoms with Crippen LogP contribution in [0.3, 0.4) is 0 Å². The molecule has 230 valence electrons. The molecule has 9 aromatic carbocycles. The number of hydrogen-bond acceptors (Lipinski definition) is 0. The maximum absolute atomic E-state index is 2.46. The summed E-state index contributed by atoms with van der Waals surface area (Å²) in [6.07, 6.45) is 0. The molecule has 0 amide bonds. The lowest BCUT2D eigenvalue weighted by atomic mass is 9.81. The summed E-state index contributed by atoms with van der Waals surface area (Å²) in [6, 6.07) is 63.3. The number of rotatable bonds is 3. The van der Waals surface area contributed by atoms with E-state index in [2.05, 4.69) is 184 Å². The molecule has 0 heterocycles. The molecular formula is C49H34. The van der Waals surface area contributed by atoms with Crippen LogP contribution in [0.25, 0.3) is 87.6 Å². The van der Waals surface area contributed by atoms with Crippen LogP contribution in [0.15, 0.2) is 170 Å². The molecule has 0 saturated heterocycles. The van der Waals surface area contributed by atoms with Crippen LogP contribution in [0, 0.1) is 0 Å². The first-order valence-corrected chi connectivity index (χ1v) is 17.3. The van der Waals surface area contributed by atoms with Crippen LogP contribution < -0.4 is 0 Å². The molecule has 49 heavy (non-hydrogen) atoms. The lowest BCUT2D eigenvalue weighted by molar-refractivity contribution is 0.660. The van der Waals surface area contributed by atoms with Gasteiger partial charge in [0.15, 0.2) is 0 Å². The molecule has 0 unspecified atom stereocenters. The lowest BCUT2D eigenvalue weighted by Gasteiger charge is -2.22. The summed E-state index contributed by atoms with van der Waals surface area (Å²) in [4.78, 5) is 0. The number of benzene rings is 9. The van der Waals surface area contributed by atoms with Crippen molar-refractivity contribution in [3.63, 3.8) is 0 Å². The zero-order chi connectivity index (χ0) is 32.7. The van der Waals surface area contributed by atoms with E-state index in [9.17, 15) is 0 Å². The second kappa shape index (κ2) is 10.5. The fraction of sp³-hybridized carbons (Fsp3) is 0.0612. The average Bonchev–Trinajstić information content (AvgIpc) is 3.39. The summed E-state index contributed by atoms with van der Waals surface area (Å²) in [6.45, 7) is 4.73. The quantitative estimate of drug-likeness (QED) is 0.172. The maximum Gasteiger partial charge on any atom is 0.0159 e. The van der Waals surface area contributed by atoms with E-state index in [1.165, 1.54) is 98.7 Å². The fourth-order valence-corrected chi connectivity index (χ4v) is 8.60. The number of fused-ring (bicyclic) bond motifs is 9. The highest BCUT2D eigenvalue weighted by Gasteiger charge is 2.35. The first-order chi connectivity index (χ1) is 24.1. The fourth-order valence-electron chi connectivity index (χ4n) is 8.60. The van der Waals surface area contributed by atoms with Crippen LogP contribution >= 0.6 is 0 Å². The molecule has 0 saturated carbocycles. The molecule has 0 radical (unpaired) electrons. The maximum atomic E-state index is 2.46. The second-order valence-electron chi connectivity index (χ2n) is 14.1. The van der Waals surface area contributed by atoms with Crippen LogP contribution in [0.5, 0.6) is 0 Å². The second-order valence-corrected chi connectivity index (χ2v) is 14.1. The highest BCUT2D eigenvalue weighted by Crippen LogP contribution is 2.51. The van der Waals surface area contributed by atoms with Crippen molar-refractivity contribution in [3.8, 4) is 44.5 Å². The van der Waals surface area contributed by atoms with Crippen molar-refractivity contribution in [1.82, 2.24) is 0 Å². The van der Waals surface area contributed by atoms with E-state index in [4.69, 9.17) is 0 Å². The molecule has 0 bridgehead atoms. The predicted molar refractivity (Wildman–Crippen MR) is 210 cm³/mol. The zero-order valence-electron chi connectivity index (χ0n) is 27.7. The third kappa shape index (κ3) is 4.17. The van der Waals surface area contributed by atoms with E-state index in [1.54, 1.807) is 0 Å². The summed E-state index contributed by atoms with van der Waals surface area (Å²) < 4.78 is 0. The van der Waals surface area contributed by atoms with Crippen LogP contribution in [-0.2, 0) is 5.41 Å². The third-order valence-electron chi connectivity index (χ3n) is 11.0. The Morgan fingerprint density at radius 1 is 0.286 bits per heavy atom. The Labute approximate surface area is 286 Å². The van der Waals surface area contributed by atoms with Gasteiger partial charge < -0.3 is 0 Å². The van der Waals surface area contributed by atoms with E-state index >= 15 is 0 Å². The smallest absolute Gasteiger partial charge is 0.0159 e. The van der Waals surface area contributed by atoms with Crippen molar-refractivity contribution in [2.75, 3.05) is 0 Å². The summed E-state index contributed by atoms with van der Waals surface area (Å²) in [7, 11) is 0. The van der Waals surface area contributed by atoms with Gasteiger partial charge >= 0.3 is 0 Å². The molecule has 0 aromatic heterocycles. The molecular weight excluding hydrogens is 589 g/mol. The Bertz CT molecular complexity index is 2780. The topological polar surface area (TPSA) is 0 Å². The van der Waals surface area contributed by atoms with Gasteiger partial charge in [0, 0.05) is 5.41 Å². The van der Waals surface area contributed by atoms with Gasteiger partial charge in [-0.05, 0) is 129 Å². The summed E-state index contributed by atoms with van der Waals surface area (Å²) in [5.74, 6) is 0. The van der Waals surface area contributed by atoms with Gasteiger partial charge in [0.2, 0.25) is 0 Å². The van der Waals surface area contributed by atoms with Gasteiger partial charge in [-0.1, -0.05) is 153 Å². The van der Waals surface area contributed by atoms with E-state index in [0.29, 0.717) is 0 Å². The van der Waals surface area contributed by atoms with Gasteiger partial charge in [0.1, 0.15) is 0 Å². The highest BCUT2D eigenvalue weighted by atomic mass is 14.4. The molecule has 9 aromatic rings. The molecule has 1 aliphatic carbocycles. The van der Waals surface area contributed by atoms with Gasteiger partial charge in [0.05, 0.1) is 0 Å². The third-order valence-corrected chi connectivity index (χ3v) is 11.0. The van der Waals surface area contributed by atoms with Gasteiger partial charge in [-0.25, -0.2) is 0 Å². The summed E-state index contributed by atoms with van der Waals surface area (Å²) >= 11 is 0. The largest absolute Gasteiger partial charge is 0.0622 e. The van der Waals surface area contributed by atoms with Crippen LogP contribution in [0.2, 0.25) is 0 Å². The average molecular weight is 623 g/mol. The Morgan fingerprint density at radius 3 is 1.53 bits per heavy atom. The lowest BCUT2D eigenvalue weighted by Crippen LogP contribution is -2.14. The monoisotopic (exact) mass is 622 g/mol. The van der Waals surface area contributed by atoms with Crippen molar-refractivity contribution in [2.45, 2.75) is 19.3 Å². The molecule has 1 aliphatic rings. The minimum absolute atomic E-state index is 0.0491. The van der Waals surface area contributed by atoms with Crippen molar-refractivity contribution in [3.05, 3.63) is 181 Å². The minimum Gasteiger partial charge on any atom is -0.0622 e. The molecule has 0 nitrogen and oxygen atoms in total. The Kier molecular flexibility index (Phi) is 6.02. The van der Waals surface area contributed by atoms with Gasteiger partial charge in [-0.2, -0.15) is 0 Å². The summed E-state index contributed by atoms with van der Waals surface area (Å²) in [5.41, 5.74) is 13.0. The molecule has 0 atom stereocenters. The van der Waals surface area contributed by atoms with E-state index < -0.39 is 0 Å². The predicted octanol–water partition coefficient (Wildman–Crippen LogP) is 13.6. The first-order valence-electron chi connectivity index (χ1n) is 17.3. The molecule has 10 rings (SSSR count). The molecule has 0 N–H and O–H groups in total. The van der Waals surface area contributed by atoms with Gasteiger partial charge in [0.25, 0.3) is 0 Å². The minimum atomic E-state index is -0.0491.